The number of hydrogen-bond acceptors (Lipinski definition) is 5. The molecular formula is C29H28N2O4. The summed E-state index contributed by atoms with van der Waals surface area (Å²) in [5.74, 6) is -1.73. The molecule has 0 spiro atoms. The van der Waals surface area contributed by atoms with E-state index in [9.17, 15) is 14.4 Å². The maximum absolute atomic E-state index is 13.8. The molecule has 178 valence electrons. The standard InChI is InChI=1S/C29H28N2O4/c1-22(24-14-8-4-9-15-24)21-35-28(34)29(2)27(33)31(26(32)25-16-10-5-11-17-25)19-18-30(29)20-23-12-6-3-7-13-23/h3-17H,1,18-21H2,2H3. The first-order valence-corrected chi connectivity index (χ1v) is 11.5. The SMILES string of the molecule is C=C(COC(=O)C1(C)C(=O)N(C(=O)c2ccccc2)CCN1Cc1ccccc1)c1ccccc1. The zero-order chi connectivity index (χ0) is 24.8. The summed E-state index contributed by atoms with van der Waals surface area (Å²) in [6.45, 7) is 6.38. The van der Waals surface area contributed by atoms with E-state index >= 15 is 0 Å². The number of imide groups is 1. The maximum atomic E-state index is 13.8. The first-order valence-electron chi connectivity index (χ1n) is 11.5. The Morgan fingerprint density at radius 3 is 2.00 bits per heavy atom. The van der Waals surface area contributed by atoms with Gasteiger partial charge in [0.1, 0.15) is 6.61 Å². The highest BCUT2D eigenvalue weighted by atomic mass is 16.5. The van der Waals surface area contributed by atoms with Crippen LogP contribution >= 0.6 is 0 Å². The molecule has 1 unspecified atom stereocenters. The highest BCUT2D eigenvalue weighted by molar-refractivity contribution is 6.15. The molecule has 1 saturated heterocycles. The average Bonchev–Trinajstić information content (AvgIpc) is 2.91. The minimum Gasteiger partial charge on any atom is -0.459 e. The molecular weight excluding hydrogens is 440 g/mol. The van der Waals surface area contributed by atoms with Crippen LogP contribution in [-0.2, 0) is 20.9 Å². The van der Waals surface area contributed by atoms with E-state index in [4.69, 9.17) is 4.74 Å². The molecule has 0 saturated carbocycles. The van der Waals surface area contributed by atoms with E-state index in [0.717, 1.165) is 16.0 Å². The molecule has 2 amide bonds. The van der Waals surface area contributed by atoms with Gasteiger partial charge >= 0.3 is 5.97 Å². The highest BCUT2D eigenvalue weighted by Gasteiger charge is 2.54. The van der Waals surface area contributed by atoms with E-state index in [2.05, 4.69) is 6.58 Å². The smallest absolute Gasteiger partial charge is 0.336 e. The van der Waals surface area contributed by atoms with Gasteiger partial charge in [-0.15, -0.1) is 0 Å². The van der Waals surface area contributed by atoms with Crippen molar-refractivity contribution in [3.8, 4) is 0 Å². The lowest BCUT2D eigenvalue weighted by Crippen LogP contribution is -2.69. The van der Waals surface area contributed by atoms with E-state index in [0.29, 0.717) is 24.2 Å². The topological polar surface area (TPSA) is 66.9 Å². The van der Waals surface area contributed by atoms with Gasteiger partial charge in [0.05, 0.1) is 0 Å². The lowest BCUT2D eigenvalue weighted by Gasteiger charge is -2.45. The van der Waals surface area contributed by atoms with Gasteiger partial charge in [-0.05, 0) is 35.8 Å². The Balaban J connectivity index is 1.59. The Morgan fingerprint density at radius 2 is 1.40 bits per heavy atom. The number of carbonyl (C=O) groups excluding carboxylic acids is 3. The van der Waals surface area contributed by atoms with Crippen molar-refractivity contribution in [1.29, 1.82) is 0 Å². The zero-order valence-electron chi connectivity index (χ0n) is 19.7. The second-order valence-corrected chi connectivity index (χ2v) is 8.65. The van der Waals surface area contributed by atoms with Crippen LogP contribution in [-0.4, -0.2) is 52.8 Å². The molecule has 1 aliphatic rings. The van der Waals surface area contributed by atoms with Crippen LogP contribution in [0.2, 0.25) is 0 Å². The second kappa shape index (κ2) is 10.5. The van der Waals surface area contributed by atoms with Crippen molar-refractivity contribution in [3.05, 3.63) is 114 Å². The average molecular weight is 469 g/mol. The fraction of sp³-hybridized carbons (Fsp3) is 0.207. The van der Waals surface area contributed by atoms with E-state index in [1.54, 1.807) is 35.2 Å². The molecule has 35 heavy (non-hydrogen) atoms. The third-order valence-electron chi connectivity index (χ3n) is 6.33. The van der Waals surface area contributed by atoms with E-state index < -0.39 is 23.3 Å². The van der Waals surface area contributed by atoms with Gasteiger partial charge in [-0.2, -0.15) is 0 Å². The van der Waals surface area contributed by atoms with Gasteiger partial charge in [0.2, 0.25) is 0 Å². The first kappa shape index (κ1) is 24.1. The zero-order valence-corrected chi connectivity index (χ0v) is 19.7. The summed E-state index contributed by atoms with van der Waals surface area (Å²) in [5, 5.41) is 0. The predicted octanol–water partition coefficient (Wildman–Crippen LogP) is 4.19. The van der Waals surface area contributed by atoms with Gasteiger partial charge in [-0.1, -0.05) is 85.4 Å². The Hall–Kier alpha value is -4.03. The lowest BCUT2D eigenvalue weighted by atomic mass is 9.93. The molecule has 0 N–H and O–H groups in total. The summed E-state index contributed by atoms with van der Waals surface area (Å²) in [6, 6.07) is 27.6. The molecule has 0 aromatic heterocycles. The number of hydrogen-bond donors (Lipinski definition) is 0. The van der Waals surface area contributed by atoms with Gasteiger partial charge in [0, 0.05) is 25.2 Å². The van der Waals surface area contributed by atoms with Crippen LogP contribution in [0.15, 0.2) is 97.6 Å². The molecule has 3 aromatic rings. The molecule has 6 nitrogen and oxygen atoms in total. The van der Waals surface area contributed by atoms with Crippen molar-refractivity contribution in [3.63, 3.8) is 0 Å². The van der Waals surface area contributed by atoms with Crippen molar-refractivity contribution in [2.45, 2.75) is 19.0 Å². The monoisotopic (exact) mass is 468 g/mol. The number of esters is 1. The number of ether oxygens (including phenoxy) is 1. The van der Waals surface area contributed by atoms with Crippen molar-refractivity contribution in [2.75, 3.05) is 19.7 Å². The summed E-state index contributed by atoms with van der Waals surface area (Å²) in [4.78, 5) is 43.4. The minimum absolute atomic E-state index is 0.0580. The van der Waals surface area contributed by atoms with Gasteiger partial charge in [0.15, 0.2) is 5.54 Å². The van der Waals surface area contributed by atoms with Gasteiger partial charge in [-0.3, -0.25) is 19.4 Å². The third-order valence-corrected chi connectivity index (χ3v) is 6.33. The summed E-state index contributed by atoms with van der Waals surface area (Å²) in [6.07, 6.45) is 0. The van der Waals surface area contributed by atoms with Crippen LogP contribution in [0.5, 0.6) is 0 Å². The summed E-state index contributed by atoms with van der Waals surface area (Å²) < 4.78 is 5.63. The number of amides is 2. The Kier molecular flexibility index (Phi) is 7.22. The van der Waals surface area contributed by atoms with Gasteiger partial charge in [0.25, 0.3) is 11.8 Å². The number of rotatable bonds is 7. The number of piperazine rings is 1. The Labute approximate surface area is 205 Å². The largest absolute Gasteiger partial charge is 0.459 e. The Morgan fingerprint density at radius 1 is 0.857 bits per heavy atom. The molecule has 3 aromatic carbocycles. The summed E-state index contributed by atoms with van der Waals surface area (Å²) >= 11 is 0. The summed E-state index contributed by atoms with van der Waals surface area (Å²) in [5.41, 5.74) is 1.15. The fourth-order valence-electron chi connectivity index (χ4n) is 4.18. The number of nitrogens with zero attached hydrogens (tertiary/aromatic N) is 2. The molecule has 6 heteroatoms. The molecule has 1 fully saturated rings. The molecule has 0 aliphatic carbocycles. The number of carbonyl (C=O) groups is 3. The number of benzene rings is 3. The van der Waals surface area contributed by atoms with E-state index in [1.807, 2.05) is 60.7 Å². The van der Waals surface area contributed by atoms with Crippen LogP contribution in [0.25, 0.3) is 5.57 Å². The van der Waals surface area contributed by atoms with Crippen LogP contribution in [0, 0.1) is 0 Å². The first-order chi connectivity index (χ1) is 16.9. The van der Waals surface area contributed by atoms with Crippen LogP contribution in [0.1, 0.15) is 28.4 Å². The maximum Gasteiger partial charge on any atom is 0.336 e. The summed E-state index contributed by atoms with van der Waals surface area (Å²) in [7, 11) is 0. The van der Waals surface area contributed by atoms with Crippen molar-refractivity contribution >= 4 is 23.4 Å². The molecule has 4 rings (SSSR count). The van der Waals surface area contributed by atoms with Gasteiger partial charge in [-0.25, -0.2) is 4.79 Å². The second-order valence-electron chi connectivity index (χ2n) is 8.65. The minimum atomic E-state index is -1.67. The van der Waals surface area contributed by atoms with Crippen LogP contribution < -0.4 is 0 Å². The molecule has 0 bridgehead atoms. The quantitative estimate of drug-likeness (QED) is 0.296. The normalized spacial score (nSPS) is 18.2. The Bertz CT molecular complexity index is 1210. The van der Waals surface area contributed by atoms with Crippen LogP contribution in [0.4, 0.5) is 0 Å². The van der Waals surface area contributed by atoms with Crippen LogP contribution in [0.3, 0.4) is 0 Å². The van der Waals surface area contributed by atoms with E-state index in [1.165, 1.54) is 6.92 Å². The lowest BCUT2D eigenvalue weighted by molar-refractivity contribution is -0.169. The van der Waals surface area contributed by atoms with Crippen molar-refractivity contribution in [1.82, 2.24) is 9.80 Å². The molecule has 1 atom stereocenters. The molecule has 1 heterocycles. The molecule has 1 aliphatic heterocycles. The van der Waals surface area contributed by atoms with Gasteiger partial charge < -0.3 is 4.74 Å². The highest BCUT2D eigenvalue weighted by Crippen LogP contribution is 2.28. The van der Waals surface area contributed by atoms with Crippen molar-refractivity contribution < 1.29 is 19.1 Å². The fourth-order valence-corrected chi connectivity index (χ4v) is 4.18. The van der Waals surface area contributed by atoms with Crippen molar-refractivity contribution in [2.24, 2.45) is 0 Å². The predicted molar refractivity (Wildman–Crippen MR) is 134 cm³/mol. The van der Waals surface area contributed by atoms with E-state index in [-0.39, 0.29) is 13.2 Å². The third kappa shape index (κ3) is 5.08. The molecule has 0 radical (unpaired) electrons.